The first kappa shape index (κ1) is 26.7. The van der Waals surface area contributed by atoms with Crippen LogP contribution in [0.1, 0.15) is 56.1 Å². The van der Waals surface area contributed by atoms with E-state index in [2.05, 4.69) is 5.32 Å². The summed E-state index contributed by atoms with van der Waals surface area (Å²) in [6, 6.07) is 17.8. The molecular weight excluding hydrogens is 470 g/mol. The molecule has 2 aromatic rings. The molecule has 3 aliphatic rings. The molecule has 2 heterocycles. The van der Waals surface area contributed by atoms with Crippen LogP contribution in [0.25, 0.3) is 0 Å². The molecule has 2 atom stereocenters. The molecule has 3 fully saturated rings. The quantitative estimate of drug-likeness (QED) is 0.352. The van der Waals surface area contributed by atoms with Crippen molar-refractivity contribution in [2.75, 3.05) is 6.54 Å². The van der Waals surface area contributed by atoms with E-state index >= 15 is 0 Å². The van der Waals surface area contributed by atoms with Gasteiger partial charge in [0.15, 0.2) is 0 Å². The van der Waals surface area contributed by atoms with Crippen LogP contribution in [0, 0.1) is 5.92 Å². The van der Waals surface area contributed by atoms with Gasteiger partial charge < -0.3 is 25.4 Å². The molecule has 0 radical (unpaired) electrons. The topological polar surface area (TPSA) is 111 Å². The SMILES string of the molecule is N[C@@H](CCCCNC(=O)OCc1ccccc1)C(=O)N1C2CCC(CC2)[C@H]1C(=O)OCc1ccccc1. The molecule has 2 aromatic carbocycles. The summed E-state index contributed by atoms with van der Waals surface area (Å²) < 4.78 is 10.8. The smallest absolute Gasteiger partial charge is 0.407 e. The van der Waals surface area contributed by atoms with Gasteiger partial charge in [0.05, 0.1) is 6.04 Å². The summed E-state index contributed by atoms with van der Waals surface area (Å²) in [5.74, 6) is -0.390. The fraction of sp³-hybridized carbons (Fsp3) is 0.483. The zero-order valence-corrected chi connectivity index (χ0v) is 21.2. The normalized spacial score (nSPS) is 21.2. The maximum absolute atomic E-state index is 13.4. The molecule has 8 nitrogen and oxygen atoms in total. The van der Waals surface area contributed by atoms with Crippen molar-refractivity contribution in [1.29, 1.82) is 0 Å². The Bertz CT molecular complexity index is 1020. The number of piperidine rings is 2. The summed E-state index contributed by atoms with van der Waals surface area (Å²) >= 11 is 0. The molecule has 2 aliphatic heterocycles. The first-order valence-electron chi connectivity index (χ1n) is 13.3. The maximum Gasteiger partial charge on any atom is 0.407 e. The van der Waals surface area contributed by atoms with Crippen molar-refractivity contribution >= 4 is 18.0 Å². The molecule has 37 heavy (non-hydrogen) atoms. The van der Waals surface area contributed by atoms with Crippen molar-refractivity contribution in [2.24, 2.45) is 11.7 Å². The van der Waals surface area contributed by atoms with Crippen LogP contribution < -0.4 is 11.1 Å². The molecule has 2 bridgehead atoms. The van der Waals surface area contributed by atoms with E-state index in [0.717, 1.165) is 36.8 Å². The monoisotopic (exact) mass is 507 g/mol. The Morgan fingerprint density at radius 1 is 0.865 bits per heavy atom. The zero-order chi connectivity index (χ0) is 26.0. The highest BCUT2D eigenvalue weighted by Crippen LogP contribution is 2.40. The Kier molecular flexibility index (Phi) is 9.54. The van der Waals surface area contributed by atoms with Crippen molar-refractivity contribution in [3.05, 3.63) is 71.8 Å². The molecule has 2 amide bonds. The molecule has 1 aliphatic carbocycles. The molecule has 1 saturated carbocycles. The Balaban J connectivity index is 1.21. The third-order valence-electron chi connectivity index (χ3n) is 7.34. The Hall–Kier alpha value is -3.39. The number of nitrogens with zero attached hydrogens (tertiary/aromatic N) is 1. The zero-order valence-electron chi connectivity index (χ0n) is 21.2. The predicted octanol–water partition coefficient (Wildman–Crippen LogP) is 3.92. The summed E-state index contributed by atoms with van der Waals surface area (Å²) in [4.78, 5) is 40.1. The van der Waals surface area contributed by atoms with E-state index in [1.165, 1.54) is 0 Å². The van der Waals surface area contributed by atoms with Crippen LogP contribution >= 0.6 is 0 Å². The predicted molar refractivity (Wildman–Crippen MR) is 139 cm³/mol. The van der Waals surface area contributed by atoms with Crippen LogP contribution in [-0.2, 0) is 32.3 Å². The second-order valence-electron chi connectivity index (χ2n) is 9.94. The highest BCUT2D eigenvalue weighted by molar-refractivity contribution is 5.88. The van der Waals surface area contributed by atoms with Gasteiger partial charge >= 0.3 is 12.1 Å². The summed E-state index contributed by atoms with van der Waals surface area (Å²) in [6.07, 6.45) is 5.04. The fourth-order valence-corrected chi connectivity index (χ4v) is 5.36. The van der Waals surface area contributed by atoms with Gasteiger partial charge in [0.25, 0.3) is 0 Å². The number of alkyl carbamates (subject to hydrolysis) is 1. The van der Waals surface area contributed by atoms with E-state index in [0.29, 0.717) is 25.8 Å². The van der Waals surface area contributed by atoms with Gasteiger partial charge in [-0.05, 0) is 62.0 Å². The first-order chi connectivity index (χ1) is 18.0. The molecule has 198 valence electrons. The lowest BCUT2D eigenvalue weighted by Gasteiger charge is -2.50. The van der Waals surface area contributed by atoms with Gasteiger partial charge in [0, 0.05) is 12.6 Å². The number of ether oxygens (including phenoxy) is 2. The molecule has 5 rings (SSSR count). The Morgan fingerprint density at radius 2 is 1.46 bits per heavy atom. The van der Waals surface area contributed by atoms with Crippen LogP contribution in [0.4, 0.5) is 4.79 Å². The van der Waals surface area contributed by atoms with Gasteiger partial charge in [-0.15, -0.1) is 0 Å². The average Bonchev–Trinajstić information content (AvgIpc) is 2.95. The highest BCUT2D eigenvalue weighted by atomic mass is 16.5. The molecule has 2 saturated heterocycles. The van der Waals surface area contributed by atoms with E-state index < -0.39 is 18.2 Å². The van der Waals surface area contributed by atoms with Gasteiger partial charge in [-0.2, -0.15) is 0 Å². The first-order valence-corrected chi connectivity index (χ1v) is 13.3. The Morgan fingerprint density at radius 3 is 2.08 bits per heavy atom. The summed E-state index contributed by atoms with van der Waals surface area (Å²) in [6.45, 7) is 0.860. The molecule has 0 unspecified atom stereocenters. The third-order valence-corrected chi connectivity index (χ3v) is 7.34. The number of carbonyl (C=O) groups is 3. The van der Waals surface area contributed by atoms with Crippen molar-refractivity contribution in [3.63, 3.8) is 0 Å². The van der Waals surface area contributed by atoms with Gasteiger partial charge in [-0.3, -0.25) is 4.79 Å². The van der Waals surface area contributed by atoms with Crippen LogP contribution in [-0.4, -0.2) is 47.5 Å². The lowest BCUT2D eigenvalue weighted by Crippen LogP contribution is -2.63. The summed E-state index contributed by atoms with van der Waals surface area (Å²) in [5, 5.41) is 2.73. The number of nitrogens with two attached hydrogens (primary N) is 1. The van der Waals surface area contributed by atoms with Crippen molar-refractivity contribution in [1.82, 2.24) is 10.2 Å². The van der Waals surface area contributed by atoms with Crippen LogP contribution in [0.3, 0.4) is 0 Å². The maximum atomic E-state index is 13.4. The van der Waals surface area contributed by atoms with Crippen LogP contribution in [0.2, 0.25) is 0 Å². The van der Waals surface area contributed by atoms with Gasteiger partial charge in [0.2, 0.25) is 5.91 Å². The largest absolute Gasteiger partial charge is 0.459 e. The summed E-state index contributed by atoms with van der Waals surface area (Å²) in [5.41, 5.74) is 8.15. The minimum absolute atomic E-state index is 0.0406. The number of carbonyl (C=O) groups excluding carboxylic acids is 3. The number of benzene rings is 2. The fourth-order valence-electron chi connectivity index (χ4n) is 5.36. The molecule has 0 aromatic heterocycles. The third kappa shape index (κ3) is 7.32. The molecule has 8 heteroatoms. The number of nitrogens with one attached hydrogen (secondary N) is 1. The van der Waals surface area contributed by atoms with Crippen LogP contribution in [0.15, 0.2) is 60.7 Å². The Labute approximate surface area is 218 Å². The molecule has 0 spiro atoms. The lowest BCUT2D eigenvalue weighted by molar-refractivity contribution is -0.169. The standard InChI is InChI=1S/C29H37N3O5/c30-25(13-7-8-18-31-29(35)37-20-22-11-5-2-6-12-22)27(33)32-24-16-14-23(15-17-24)26(32)28(34)36-19-21-9-3-1-4-10-21/h1-6,9-12,23-26H,7-8,13-20,30H2,(H,31,35)/t23?,24?,25-,26-/m0/s1. The minimum Gasteiger partial charge on any atom is -0.459 e. The summed E-state index contributed by atoms with van der Waals surface area (Å²) in [7, 11) is 0. The number of esters is 1. The number of unbranched alkanes of at least 4 members (excludes halogenated alkanes) is 1. The number of rotatable bonds is 11. The number of fused-ring (bicyclic) bond motifs is 3. The molecule has 3 N–H and O–H groups in total. The van der Waals surface area contributed by atoms with Crippen molar-refractivity contribution in [3.8, 4) is 0 Å². The van der Waals surface area contributed by atoms with Crippen LogP contribution in [0.5, 0.6) is 0 Å². The second kappa shape index (κ2) is 13.2. The average molecular weight is 508 g/mol. The van der Waals surface area contributed by atoms with E-state index in [4.69, 9.17) is 15.2 Å². The van der Waals surface area contributed by atoms with Gasteiger partial charge in [-0.1, -0.05) is 60.7 Å². The van der Waals surface area contributed by atoms with Gasteiger partial charge in [0.1, 0.15) is 19.3 Å². The van der Waals surface area contributed by atoms with Crippen molar-refractivity contribution in [2.45, 2.75) is 76.3 Å². The number of amides is 2. The van der Waals surface area contributed by atoms with E-state index in [9.17, 15) is 14.4 Å². The number of hydrogen-bond donors (Lipinski definition) is 2. The van der Waals surface area contributed by atoms with E-state index in [-0.39, 0.29) is 37.0 Å². The minimum atomic E-state index is -0.686. The highest BCUT2D eigenvalue weighted by Gasteiger charge is 2.49. The lowest BCUT2D eigenvalue weighted by atomic mass is 9.74. The number of hydrogen-bond acceptors (Lipinski definition) is 6. The molecular formula is C29H37N3O5. The second-order valence-corrected chi connectivity index (χ2v) is 9.94. The van der Waals surface area contributed by atoms with Crippen molar-refractivity contribution < 1.29 is 23.9 Å². The van der Waals surface area contributed by atoms with Gasteiger partial charge in [-0.25, -0.2) is 9.59 Å². The van der Waals surface area contributed by atoms with E-state index in [1.807, 2.05) is 60.7 Å². The van der Waals surface area contributed by atoms with E-state index in [1.54, 1.807) is 4.90 Å².